The van der Waals surface area contributed by atoms with Crippen LogP contribution in [0.3, 0.4) is 0 Å². The van der Waals surface area contributed by atoms with Gasteiger partial charge in [0.1, 0.15) is 0 Å². The summed E-state index contributed by atoms with van der Waals surface area (Å²) in [6.45, 7) is 0. The summed E-state index contributed by atoms with van der Waals surface area (Å²) in [5.41, 5.74) is 8.84. The first kappa shape index (κ1) is 13.3. The minimum absolute atomic E-state index is 0.805. The molecule has 0 bridgehead atoms. The van der Waals surface area contributed by atoms with Crippen molar-refractivity contribution in [2.45, 2.75) is 0 Å². The molecule has 4 nitrogen and oxygen atoms in total. The molecule has 0 heterocycles. The highest BCUT2D eigenvalue weighted by molar-refractivity contribution is 6.30. The molecule has 0 unspecified atom stereocenters. The molecule has 0 atom stereocenters. The van der Waals surface area contributed by atoms with Crippen LogP contribution < -0.4 is 5.73 Å². The van der Waals surface area contributed by atoms with Crippen molar-refractivity contribution in [1.82, 2.24) is 0 Å². The van der Waals surface area contributed by atoms with Crippen molar-refractivity contribution in [3.63, 3.8) is 0 Å². The fourth-order valence-corrected chi connectivity index (χ4v) is 1.31. The van der Waals surface area contributed by atoms with Crippen LogP contribution in [-0.4, -0.2) is 22.4 Å². The number of benzene rings is 2. The van der Waals surface area contributed by atoms with Crippen LogP contribution in [0.15, 0.2) is 54.6 Å². The number of rotatable bonds is 1. The van der Waals surface area contributed by atoms with Gasteiger partial charge in [0.2, 0.25) is 0 Å². The molecule has 2 aromatic carbocycles. The lowest BCUT2D eigenvalue weighted by Crippen LogP contribution is -2.07. The largest absolute Gasteiger partial charge is 0.631 e. The van der Waals surface area contributed by atoms with Gasteiger partial charge in [-0.3, -0.25) is 0 Å². The van der Waals surface area contributed by atoms with E-state index in [2.05, 4.69) is 12.1 Å². The van der Waals surface area contributed by atoms with Gasteiger partial charge in [0.15, 0.2) is 0 Å². The van der Waals surface area contributed by atoms with Crippen LogP contribution in [0.5, 0.6) is 0 Å². The van der Waals surface area contributed by atoms with Gasteiger partial charge in [-0.2, -0.15) is 0 Å². The molecule has 17 heavy (non-hydrogen) atoms. The van der Waals surface area contributed by atoms with Crippen molar-refractivity contribution < 1.29 is 15.1 Å². The fourth-order valence-electron chi connectivity index (χ4n) is 1.31. The zero-order valence-corrected chi connectivity index (χ0v) is 9.19. The lowest BCUT2D eigenvalue weighted by Gasteiger charge is -2.00. The molecule has 0 aliphatic heterocycles. The third-order valence-electron chi connectivity index (χ3n) is 2.02. The summed E-state index contributed by atoms with van der Waals surface area (Å²) < 4.78 is 0. The van der Waals surface area contributed by atoms with E-state index in [0.29, 0.717) is 0 Å². The summed E-state index contributed by atoms with van der Waals surface area (Å²) in [5.74, 6) is 0. The van der Waals surface area contributed by atoms with Crippen molar-refractivity contribution in [1.29, 1.82) is 0 Å². The van der Waals surface area contributed by atoms with Crippen LogP contribution in [0.1, 0.15) is 0 Å². The average Bonchev–Trinajstić information content (AvgIpc) is 2.30. The maximum Gasteiger partial charge on any atom is 0.631 e. The topological polar surface area (TPSA) is 86.7 Å². The van der Waals surface area contributed by atoms with E-state index >= 15 is 0 Å². The standard InChI is InChI=1S/C12H11N.BH3O3/c13-12-8-6-11(7-9-12)10-4-2-1-3-5-10;2-1(3)4/h1-9H,13H2;2-4H. The van der Waals surface area contributed by atoms with E-state index in [1.807, 2.05) is 42.5 Å². The van der Waals surface area contributed by atoms with Crippen LogP contribution in [0.25, 0.3) is 11.1 Å². The number of nitrogen functional groups attached to an aromatic ring is 1. The second kappa shape index (κ2) is 6.70. The molecule has 0 saturated heterocycles. The van der Waals surface area contributed by atoms with Crippen LogP contribution in [0.2, 0.25) is 0 Å². The molecule has 0 spiro atoms. The summed E-state index contributed by atoms with van der Waals surface area (Å²) >= 11 is 0. The maximum atomic E-state index is 7.17. The van der Waals surface area contributed by atoms with Gasteiger partial charge in [0.05, 0.1) is 0 Å². The Labute approximate surface area is 100 Å². The Bertz CT molecular complexity index is 429. The summed E-state index contributed by atoms with van der Waals surface area (Å²) in [4.78, 5) is 0. The van der Waals surface area contributed by atoms with E-state index in [0.717, 1.165) is 5.69 Å². The van der Waals surface area contributed by atoms with Gasteiger partial charge in [0, 0.05) is 5.69 Å². The second-order valence-electron chi connectivity index (χ2n) is 3.33. The van der Waals surface area contributed by atoms with Crippen LogP contribution >= 0.6 is 0 Å². The molecular formula is C12H14BNO3. The third kappa shape index (κ3) is 5.17. The van der Waals surface area contributed by atoms with E-state index in [9.17, 15) is 0 Å². The third-order valence-corrected chi connectivity index (χ3v) is 2.02. The van der Waals surface area contributed by atoms with Crippen LogP contribution in [0, 0.1) is 0 Å². The Morgan fingerprint density at radius 3 is 1.59 bits per heavy atom. The van der Waals surface area contributed by atoms with Gasteiger partial charge in [-0.15, -0.1) is 0 Å². The van der Waals surface area contributed by atoms with Gasteiger partial charge in [-0.1, -0.05) is 42.5 Å². The van der Waals surface area contributed by atoms with E-state index < -0.39 is 7.32 Å². The summed E-state index contributed by atoms with van der Waals surface area (Å²) in [6, 6.07) is 18.2. The van der Waals surface area contributed by atoms with Crippen molar-refractivity contribution in [3.05, 3.63) is 54.6 Å². The Hall–Kier alpha value is -1.82. The van der Waals surface area contributed by atoms with Gasteiger partial charge < -0.3 is 20.8 Å². The fraction of sp³-hybridized carbons (Fsp3) is 0. The highest BCUT2D eigenvalue weighted by Crippen LogP contribution is 2.19. The monoisotopic (exact) mass is 231 g/mol. The molecule has 5 heteroatoms. The molecule has 0 aromatic heterocycles. The summed E-state index contributed by atoms with van der Waals surface area (Å²) in [6.07, 6.45) is 0. The molecule has 0 radical (unpaired) electrons. The van der Waals surface area contributed by atoms with E-state index in [-0.39, 0.29) is 0 Å². The maximum absolute atomic E-state index is 7.17. The Morgan fingerprint density at radius 2 is 1.12 bits per heavy atom. The normalized spacial score (nSPS) is 9.12. The Morgan fingerprint density at radius 1 is 0.706 bits per heavy atom. The lowest BCUT2D eigenvalue weighted by molar-refractivity contribution is 0.278. The number of nitrogens with two attached hydrogens (primary N) is 1. The summed E-state index contributed by atoms with van der Waals surface area (Å²) in [5, 5.41) is 21.5. The first-order valence-electron chi connectivity index (χ1n) is 5.05. The predicted molar refractivity (Wildman–Crippen MR) is 68.7 cm³/mol. The van der Waals surface area contributed by atoms with Crippen LogP contribution in [0.4, 0.5) is 5.69 Å². The van der Waals surface area contributed by atoms with E-state index in [1.165, 1.54) is 11.1 Å². The summed E-state index contributed by atoms with van der Waals surface area (Å²) in [7, 11) is -2.17. The SMILES string of the molecule is Nc1ccc(-c2ccccc2)cc1.OB(O)O. The first-order valence-corrected chi connectivity index (χ1v) is 5.05. The molecule has 0 amide bonds. The highest BCUT2D eigenvalue weighted by Gasteiger charge is 1.94. The Balaban J connectivity index is 0.000000317. The molecule has 0 aliphatic rings. The molecule has 0 aliphatic carbocycles. The molecule has 0 fully saturated rings. The lowest BCUT2D eigenvalue weighted by atomic mass is 10.1. The molecule has 88 valence electrons. The average molecular weight is 231 g/mol. The van der Waals surface area contributed by atoms with Crippen molar-refractivity contribution in [2.75, 3.05) is 5.73 Å². The molecular weight excluding hydrogens is 217 g/mol. The molecule has 2 aromatic rings. The smallest absolute Gasteiger partial charge is 0.402 e. The minimum Gasteiger partial charge on any atom is -0.402 e. The van der Waals surface area contributed by atoms with E-state index in [4.69, 9.17) is 20.8 Å². The first-order chi connectivity index (χ1) is 8.09. The second-order valence-corrected chi connectivity index (χ2v) is 3.33. The zero-order chi connectivity index (χ0) is 12.7. The predicted octanol–water partition coefficient (Wildman–Crippen LogP) is 0.884. The van der Waals surface area contributed by atoms with E-state index in [1.54, 1.807) is 0 Å². The quantitative estimate of drug-likeness (QED) is 0.433. The molecule has 0 saturated carbocycles. The van der Waals surface area contributed by atoms with Crippen molar-refractivity contribution in [2.24, 2.45) is 0 Å². The van der Waals surface area contributed by atoms with Gasteiger partial charge in [0.25, 0.3) is 0 Å². The number of anilines is 1. The van der Waals surface area contributed by atoms with Gasteiger partial charge in [-0.05, 0) is 23.3 Å². The van der Waals surface area contributed by atoms with Gasteiger partial charge in [-0.25, -0.2) is 0 Å². The Kier molecular flexibility index (Phi) is 5.22. The minimum atomic E-state index is -2.17. The molecule has 2 rings (SSSR count). The van der Waals surface area contributed by atoms with Crippen molar-refractivity contribution in [3.8, 4) is 11.1 Å². The highest BCUT2D eigenvalue weighted by atomic mass is 16.5. The van der Waals surface area contributed by atoms with Crippen molar-refractivity contribution >= 4 is 13.0 Å². The number of hydrogen-bond donors (Lipinski definition) is 4. The van der Waals surface area contributed by atoms with Gasteiger partial charge >= 0.3 is 7.32 Å². The number of hydrogen-bond acceptors (Lipinski definition) is 4. The molecule has 5 N–H and O–H groups in total. The van der Waals surface area contributed by atoms with Crippen LogP contribution in [-0.2, 0) is 0 Å². The zero-order valence-electron chi connectivity index (χ0n) is 9.19.